The summed E-state index contributed by atoms with van der Waals surface area (Å²) in [5, 5.41) is 2.70. The van der Waals surface area contributed by atoms with Crippen LogP contribution in [-0.2, 0) is 10.0 Å². The minimum atomic E-state index is -4.01. The molecule has 0 aliphatic heterocycles. The van der Waals surface area contributed by atoms with Crippen molar-refractivity contribution in [2.24, 2.45) is 0 Å². The highest BCUT2D eigenvalue weighted by molar-refractivity contribution is 7.92. The molecule has 2 N–H and O–H groups in total. The third-order valence-corrected chi connectivity index (χ3v) is 5.72. The first-order chi connectivity index (χ1) is 14.8. The number of sulfonamides is 1. The van der Waals surface area contributed by atoms with Crippen molar-refractivity contribution < 1.29 is 22.7 Å². The van der Waals surface area contributed by atoms with Gasteiger partial charge in [0.25, 0.3) is 15.9 Å². The lowest BCUT2D eigenvalue weighted by Crippen LogP contribution is -2.17. The number of benzene rings is 2. The number of anilines is 2. The largest absolute Gasteiger partial charge is 0.495 e. The van der Waals surface area contributed by atoms with E-state index in [9.17, 15) is 13.2 Å². The number of amides is 1. The van der Waals surface area contributed by atoms with Gasteiger partial charge in [-0.25, -0.2) is 13.4 Å². The zero-order valence-electron chi connectivity index (χ0n) is 17.4. The number of pyridine rings is 1. The molecule has 0 saturated heterocycles. The Balaban J connectivity index is 1.91. The summed E-state index contributed by atoms with van der Waals surface area (Å²) in [6.45, 7) is 4.10. The molecule has 1 amide bonds. The first kappa shape index (κ1) is 22.1. The number of rotatable bonds is 8. The fraction of sp³-hybridized carbons (Fsp3) is 0.182. The van der Waals surface area contributed by atoms with E-state index >= 15 is 0 Å². The molecule has 0 bridgehead atoms. The Morgan fingerprint density at radius 1 is 1.10 bits per heavy atom. The lowest BCUT2D eigenvalue weighted by molar-refractivity contribution is 0.102. The van der Waals surface area contributed by atoms with E-state index in [4.69, 9.17) is 9.47 Å². The van der Waals surface area contributed by atoms with Gasteiger partial charge < -0.3 is 14.8 Å². The summed E-state index contributed by atoms with van der Waals surface area (Å²) in [6, 6.07) is 14.4. The smallest absolute Gasteiger partial charge is 0.265 e. The third kappa shape index (κ3) is 5.32. The molecule has 0 atom stereocenters. The number of aromatic nitrogens is 1. The van der Waals surface area contributed by atoms with E-state index in [-0.39, 0.29) is 22.1 Å². The van der Waals surface area contributed by atoms with E-state index in [0.717, 1.165) is 5.56 Å². The quantitative estimate of drug-likeness (QED) is 0.550. The Labute approximate surface area is 181 Å². The summed E-state index contributed by atoms with van der Waals surface area (Å²) < 4.78 is 39.1. The summed E-state index contributed by atoms with van der Waals surface area (Å²) in [7, 11) is -2.64. The average molecular weight is 442 g/mol. The van der Waals surface area contributed by atoms with Crippen LogP contribution in [0.1, 0.15) is 22.8 Å². The number of nitrogens with one attached hydrogen (secondary N) is 2. The van der Waals surface area contributed by atoms with Gasteiger partial charge in [-0.1, -0.05) is 17.7 Å². The van der Waals surface area contributed by atoms with Gasteiger partial charge in [0, 0.05) is 17.4 Å². The van der Waals surface area contributed by atoms with Gasteiger partial charge in [0.15, 0.2) is 0 Å². The number of ether oxygens (including phenoxy) is 2. The molecule has 2 aromatic carbocycles. The Bertz CT molecular complexity index is 1180. The molecule has 0 unspecified atom stereocenters. The minimum absolute atomic E-state index is 0.118. The Morgan fingerprint density at radius 2 is 1.84 bits per heavy atom. The van der Waals surface area contributed by atoms with Crippen molar-refractivity contribution in [1.29, 1.82) is 0 Å². The van der Waals surface area contributed by atoms with Gasteiger partial charge >= 0.3 is 0 Å². The highest BCUT2D eigenvalue weighted by Gasteiger charge is 2.22. The number of methoxy groups -OCH3 is 1. The van der Waals surface area contributed by atoms with Crippen molar-refractivity contribution in [2.75, 3.05) is 23.8 Å². The highest BCUT2D eigenvalue weighted by Crippen LogP contribution is 2.28. The Hall–Kier alpha value is -3.59. The Morgan fingerprint density at radius 3 is 2.52 bits per heavy atom. The maximum atomic E-state index is 13.0. The van der Waals surface area contributed by atoms with Crippen molar-refractivity contribution in [2.45, 2.75) is 18.7 Å². The minimum Gasteiger partial charge on any atom is -0.495 e. The number of hydrogen-bond donors (Lipinski definition) is 2. The van der Waals surface area contributed by atoms with Gasteiger partial charge in [0.2, 0.25) is 5.88 Å². The normalized spacial score (nSPS) is 10.9. The molecular formula is C22H23N3O5S. The lowest BCUT2D eigenvalue weighted by atomic mass is 10.2. The van der Waals surface area contributed by atoms with Crippen molar-refractivity contribution in [3.05, 3.63) is 71.9 Å². The van der Waals surface area contributed by atoms with Crippen molar-refractivity contribution >= 4 is 27.3 Å². The zero-order valence-corrected chi connectivity index (χ0v) is 18.2. The monoisotopic (exact) mass is 441 g/mol. The molecule has 0 fully saturated rings. The van der Waals surface area contributed by atoms with Gasteiger partial charge in [0.05, 0.1) is 13.7 Å². The molecule has 8 nitrogen and oxygen atoms in total. The second-order valence-corrected chi connectivity index (χ2v) is 8.23. The first-order valence-electron chi connectivity index (χ1n) is 9.50. The van der Waals surface area contributed by atoms with Crippen LogP contribution in [0.15, 0.2) is 65.7 Å². The van der Waals surface area contributed by atoms with E-state index in [1.807, 2.05) is 13.8 Å². The molecule has 31 heavy (non-hydrogen) atoms. The molecule has 3 rings (SSSR count). The van der Waals surface area contributed by atoms with Gasteiger partial charge in [0.1, 0.15) is 16.3 Å². The van der Waals surface area contributed by atoms with Crippen molar-refractivity contribution in [3.63, 3.8) is 0 Å². The molecule has 3 aromatic rings. The summed E-state index contributed by atoms with van der Waals surface area (Å²) in [4.78, 5) is 16.7. The number of nitrogens with zero attached hydrogens (tertiary/aromatic N) is 1. The van der Waals surface area contributed by atoms with Crippen LogP contribution < -0.4 is 19.5 Å². The summed E-state index contributed by atoms with van der Waals surface area (Å²) in [5.41, 5.74) is 1.92. The van der Waals surface area contributed by atoms with Crippen molar-refractivity contribution in [1.82, 2.24) is 4.98 Å². The topological polar surface area (TPSA) is 107 Å². The maximum Gasteiger partial charge on any atom is 0.265 e. The third-order valence-electron chi connectivity index (χ3n) is 4.32. The van der Waals surface area contributed by atoms with Gasteiger partial charge in [-0.2, -0.15) is 0 Å². The van der Waals surface area contributed by atoms with Crippen molar-refractivity contribution in [3.8, 4) is 11.6 Å². The molecule has 0 radical (unpaired) electrons. The van der Waals surface area contributed by atoms with Gasteiger partial charge in [-0.3, -0.25) is 9.52 Å². The van der Waals surface area contributed by atoms with Crippen LogP contribution in [0, 0.1) is 6.92 Å². The summed E-state index contributed by atoms with van der Waals surface area (Å²) >= 11 is 0. The fourth-order valence-electron chi connectivity index (χ4n) is 2.79. The van der Waals surface area contributed by atoms with Crippen LogP contribution in [0.2, 0.25) is 0 Å². The van der Waals surface area contributed by atoms with Crippen LogP contribution >= 0.6 is 0 Å². The summed E-state index contributed by atoms with van der Waals surface area (Å²) in [5.74, 6) is -0.114. The predicted octanol–water partition coefficient (Wildman–Crippen LogP) is 3.85. The molecule has 1 aromatic heterocycles. The number of hydrogen-bond acceptors (Lipinski definition) is 6. The van der Waals surface area contributed by atoms with E-state index < -0.39 is 15.9 Å². The van der Waals surface area contributed by atoms with Crippen LogP contribution in [-0.4, -0.2) is 33.0 Å². The SMILES string of the molecule is CCOc1ncccc1NC(=O)c1ccc(OC)c(S(=O)(=O)Nc2ccc(C)cc2)c1. The molecule has 162 valence electrons. The molecule has 0 spiro atoms. The fourth-order valence-corrected chi connectivity index (χ4v) is 4.05. The van der Waals surface area contributed by atoms with Crippen LogP contribution in [0.4, 0.5) is 11.4 Å². The number of carbonyl (C=O) groups excluding carboxylic acids is 1. The highest BCUT2D eigenvalue weighted by atomic mass is 32.2. The van der Waals surface area contributed by atoms with E-state index in [1.165, 1.54) is 25.3 Å². The van der Waals surface area contributed by atoms with E-state index in [0.29, 0.717) is 18.0 Å². The average Bonchev–Trinajstić information content (AvgIpc) is 2.76. The van der Waals surface area contributed by atoms with Crippen LogP contribution in [0.5, 0.6) is 11.6 Å². The van der Waals surface area contributed by atoms with Gasteiger partial charge in [-0.05, 0) is 56.3 Å². The van der Waals surface area contributed by atoms with E-state index in [2.05, 4.69) is 15.0 Å². The molecule has 0 aliphatic carbocycles. The Kier molecular flexibility index (Phi) is 6.76. The molecular weight excluding hydrogens is 418 g/mol. The zero-order chi connectivity index (χ0) is 22.4. The standard InChI is InChI=1S/C22H23N3O5S/c1-4-30-22-18(6-5-13-23-22)24-21(26)16-9-12-19(29-3)20(14-16)31(27,28)25-17-10-7-15(2)8-11-17/h5-14,25H,4H2,1-3H3,(H,24,26). The van der Waals surface area contributed by atoms with Gasteiger partial charge in [-0.15, -0.1) is 0 Å². The molecule has 0 saturated carbocycles. The summed E-state index contributed by atoms with van der Waals surface area (Å²) in [6.07, 6.45) is 1.55. The maximum absolute atomic E-state index is 13.0. The molecule has 0 aliphatic rings. The number of carbonyl (C=O) groups is 1. The van der Waals surface area contributed by atoms with Crippen LogP contribution in [0.3, 0.4) is 0 Å². The van der Waals surface area contributed by atoms with Crippen LogP contribution in [0.25, 0.3) is 0 Å². The molecule has 9 heteroatoms. The second kappa shape index (κ2) is 9.48. The number of aryl methyl sites for hydroxylation is 1. The first-order valence-corrected chi connectivity index (χ1v) is 11.0. The molecule has 1 heterocycles. The van der Waals surface area contributed by atoms with E-state index in [1.54, 1.807) is 42.6 Å². The lowest BCUT2D eigenvalue weighted by Gasteiger charge is -2.14. The predicted molar refractivity (Wildman–Crippen MR) is 118 cm³/mol. The second-order valence-electron chi connectivity index (χ2n) is 6.58.